The van der Waals surface area contributed by atoms with E-state index < -0.39 is 11.8 Å². The van der Waals surface area contributed by atoms with Crippen molar-refractivity contribution in [2.75, 3.05) is 6.61 Å². The Morgan fingerprint density at radius 1 is 1.11 bits per heavy atom. The lowest BCUT2D eigenvalue weighted by molar-refractivity contribution is -0.123. The molecule has 0 heterocycles. The molecule has 2 aromatic rings. The van der Waals surface area contributed by atoms with E-state index in [4.69, 9.17) is 21.7 Å². The second kappa shape index (κ2) is 10.6. The van der Waals surface area contributed by atoms with Crippen LogP contribution in [0, 0.1) is 0 Å². The molecular formula is C19H20BrN3O4S. The molecule has 0 unspecified atom stereocenters. The highest BCUT2D eigenvalue weighted by molar-refractivity contribution is 9.10. The fraction of sp³-hybridized carbons (Fsp3) is 0.211. The molecule has 0 saturated heterocycles. The van der Waals surface area contributed by atoms with Crippen molar-refractivity contribution in [3.63, 3.8) is 0 Å². The number of carbonyl (C=O) groups excluding carboxylic acids is 2. The van der Waals surface area contributed by atoms with Crippen molar-refractivity contribution in [2.24, 2.45) is 0 Å². The number of benzene rings is 2. The molecule has 3 N–H and O–H groups in total. The minimum absolute atomic E-state index is 0.0160. The Morgan fingerprint density at radius 2 is 1.82 bits per heavy atom. The molecule has 0 radical (unpaired) electrons. The summed E-state index contributed by atoms with van der Waals surface area (Å²) in [5, 5.41) is 2.43. The molecule has 2 amide bonds. The van der Waals surface area contributed by atoms with Crippen molar-refractivity contribution in [3.05, 3.63) is 58.6 Å². The van der Waals surface area contributed by atoms with Gasteiger partial charge in [-0.3, -0.25) is 25.8 Å². The average Bonchev–Trinajstić information content (AvgIpc) is 2.66. The molecule has 0 aromatic heterocycles. The molecule has 0 aliphatic heterocycles. The summed E-state index contributed by atoms with van der Waals surface area (Å²) in [5.41, 5.74) is 5.19. The van der Waals surface area contributed by atoms with Crippen LogP contribution >= 0.6 is 28.1 Å². The van der Waals surface area contributed by atoms with Crippen LogP contribution in [0.25, 0.3) is 0 Å². The summed E-state index contributed by atoms with van der Waals surface area (Å²) in [6.45, 7) is 3.63. The molecule has 7 nitrogen and oxygen atoms in total. The average molecular weight is 466 g/mol. The minimum Gasteiger partial charge on any atom is -0.490 e. The molecular weight excluding hydrogens is 446 g/mol. The molecule has 0 saturated carbocycles. The highest BCUT2D eigenvalue weighted by Gasteiger charge is 2.12. The predicted octanol–water partition coefficient (Wildman–Crippen LogP) is 2.95. The number of thiocarbonyl (C=S) groups is 1. The first-order chi connectivity index (χ1) is 13.3. The third-order valence-electron chi connectivity index (χ3n) is 3.21. The van der Waals surface area contributed by atoms with Crippen LogP contribution in [0.1, 0.15) is 24.2 Å². The van der Waals surface area contributed by atoms with Gasteiger partial charge in [-0.15, -0.1) is 0 Å². The first kappa shape index (κ1) is 21.6. The van der Waals surface area contributed by atoms with Gasteiger partial charge in [0.25, 0.3) is 11.8 Å². The molecule has 28 heavy (non-hydrogen) atoms. The normalized spacial score (nSPS) is 10.1. The summed E-state index contributed by atoms with van der Waals surface area (Å²) in [7, 11) is 0. The third kappa shape index (κ3) is 7.16. The number of hydrogen-bond donors (Lipinski definition) is 3. The molecule has 0 aliphatic carbocycles. The zero-order valence-electron chi connectivity index (χ0n) is 15.3. The van der Waals surface area contributed by atoms with E-state index in [0.29, 0.717) is 21.5 Å². The number of halogens is 1. The van der Waals surface area contributed by atoms with Gasteiger partial charge in [0.15, 0.2) is 11.7 Å². The maximum atomic E-state index is 12.3. The molecule has 148 valence electrons. The van der Waals surface area contributed by atoms with Gasteiger partial charge in [-0.2, -0.15) is 0 Å². The minimum atomic E-state index is -0.446. The van der Waals surface area contributed by atoms with Crippen LogP contribution in [0.15, 0.2) is 53.0 Å². The lowest BCUT2D eigenvalue weighted by Crippen LogP contribution is -2.49. The van der Waals surface area contributed by atoms with Gasteiger partial charge in [-0.25, -0.2) is 0 Å². The highest BCUT2D eigenvalue weighted by atomic mass is 79.9. The fourth-order valence-corrected chi connectivity index (χ4v) is 2.64. The monoisotopic (exact) mass is 465 g/mol. The Kier molecular flexibility index (Phi) is 8.21. The topological polar surface area (TPSA) is 88.7 Å². The Morgan fingerprint density at radius 3 is 2.46 bits per heavy atom. The first-order valence-corrected chi connectivity index (χ1v) is 9.59. The van der Waals surface area contributed by atoms with Crippen LogP contribution in [0.2, 0.25) is 0 Å². The summed E-state index contributed by atoms with van der Waals surface area (Å²) < 4.78 is 11.6. The van der Waals surface area contributed by atoms with Gasteiger partial charge in [-0.1, -0.05) is 18.2 Å². The van der Waals surface area contributed by atoms with E-state index in [9.17, 15) is 9.59 Å². The maximum absolute atomic E-state index is 12.3. The fourth-order valence-electron chi connectivity index (χ4n) is 2.03. The zero-order chi connectivity index (χ0) is 20.5. The summed E-state index contributed by atoms with van der Waals surface area (Å²) in [6, 6.07) is 13.9. The smallest absolute Gasteiger partial charge is 0.276 e. The second-order valence-corrected chi connectivity index (χ2v) is 7.13. The predicted molar refractivity (Wildman–Crippen MR) is 113 cm³/mol. The Hall–Kier alpha value is -2.65. The van der Waals surface area contributed by atoms with Crippen molar-refractivity contribution in [1.82, 2.24) is 16.2 Å². The number of rotatable bonds is 6. The number of carbonyl (C=O) groups is 2. The summed E-state index contributed by atoms with van der Waals surface area (Å²) in [6.07, 6.45) is 0.0160. The van der Waals surface area contributed by atoms with Crippen molar-refractivity contribution in [1.29, 1.82) is 0 Å². The number of ether oxygens (including phenoxy) is 2. The Labute approximate surface area is 176 Å². The molecule has 0 spiro atoms. The van der Waals surface area contributed by atoms with Gasteiger partial charge in [-0.05, 0) is 72.3 Å². The van der Waals surface area contributed by atoms with E-state index in [2.05, 4.69) is 32.1 Å². The molecule has 0 fully saturated rings. The Balaban J connectivity index is 1.78. The van der Waals surface area contributed by atoms with E-state index in [0.717, 1.165) is 0 Å². The van der Waals surface area contributed by atoms with E-state index in [1.807, 2.05) is 19.9 Å². The summed E-state index contributed by atoms with van der Waals surface area (Å²) >= 11 is 8.38. The van der Waals surface area contributed by atoms with E-state index in [1.54, 1.807) is 42.5 Å². The number of amides is 2. The van der Waals surface area contributed by atoms with E-state index in [-0.39, 0.29) is 17.8 Å². The lowest BCUT2D eigenvalue weighted by atomic mass is 10.2. The second-order valence-electron chi connectivity index (χ2n) is 5.87. The van der Waals surface area contributed by atoms with Crippen LogP contribution in [-0.4, -0.2) is 29.6 Å². The summed E-state index contributed by atoms with van der Waals surface area (Å²) in [4.78, 5) is 24.0. The van der Waals surface area contributed by atoms with E-state index in [1.165, 1.54) is 0 Å². The van der Waals surface area contributed by atoms with Gasteiger partial charge in [0.05, 0.1) is 10.6 Å². The van der Waals surface area contributed by atoms with Crippen molar-refractivity contribution >= 4 is 45.1 Å². The largest absolute Gasteiger partial charge is 0.490 e. The van der Waals surface area contributed by atoms with Crippen molar-refractivity contribution in [2.45, 2.75) is 20.0 Å². The third-order valence-corrected chi connectivity index (χ3v) is 4.04. The number of hydrogen-bond acceptors (Lipinski definition) is 5. The lowest BCUT2D eigenvalue weighted by Gasteiger charge is -2.13. The van der Waals surface area contributed by atoms with Crippen LogP contribution in [0.5, 0.6) is 11.5 Å². The van der Waals surface area contributed by atoms with Crippen LogP contribution < -0.4 is 25.6 Å². The number of hydrazine groups is 1. The quantitative estimate of drug-likeness (QED) is 0.448. The van der Waals surface area contributed by atoms with Gasteiger partial charge < -0.3 is 9.47 Å². The van der Waals surface area contributed by atoms with Gasteiger partial charge in [0.2, 0.25) is 0 Å². The Bertz CT molecular complexity index is 846. The van der Waals surface area contributed by atoms with Crippen molar-refractivity contribution in [3.8, 4) is 11.5 Å². The number of para-hydroxylation sites is 1. The SMILES string of the molecule is CC(C)Oc1ccc(C(=O)NC(=S)NNC(=O)COc2ccccc2)cc1Br. The molecule has 0 atom stereocenters. The van der Waals surface area contributed by atoms with Crippen molar-refractivity contribution < 1.29 is 19.1 Å². The summed E-state index contributed by atoms with van der Waals surface area (Å²) in [5.74, 6) is 0.337. The van der Waals surface area contributed by atoms with E-state index >= 15 is 0 Å². The molecule has 0 bridgehead atoms. The zero-order valence-corrected chi connectivity index (χ0v) is 17.7. The van der Waals surface area contributed by atoms with Crippen LogP contribution in [0.3, 0.4) is 0 Å². The highest BCUT2D eigenvalue weighted by Crippen LogP contribution is 2.26. The molecule has 9 heteroatoms. The molecule has 2 rings (SSSR count). The van der Waals surface area contributed by atoms with Gasteiger partial charge in [0.1, 0.15) is 11.5 Å². The standard InChI is InChI=1S/C19H20BrN3O4S/c1-12(2)27-16-9-8-13(10-15(16)20)18(25)21-19(28)23-22-17(24)11-26-14-6-4-3-5-7-14/h3-10,12H,11H2,1-2H3,(H,22,24)(H2,21,23,25,28). The maximum Gasteiger partial charge on any atom is 0.276 e. The molecule has 2 aromatic carbocycles. The molecule has 0 aliphatic rings. The van der Waals surface area contributed by atoms with Gasteiger partial charge in [0, 0.05) is 5.56 Å². The van der Waals surface area contributed by atoms with Crippen LogP contribution in [-0.2, 0) is 4.79 Å². The van der Waals surface area contributed by atoms with Crippen LogP contribution in [0.4, 0.5) is 0 Å². The van der Waals surface area contributed by atoms with Gasteiger partial charge >= 0.3 is 0 Å². The first-order valence-electron chi connectivity index (χ1n) is 8.39. The number of nitrogens with one attached hydrogen (secondary N) is 3.